The molecule has 0 radical (unpaired) electrons. The zero-order valence-electron chi connectivity index (χ0n) is 8.82. The van der Waals surface area contributed by atoms with Crippen LogP contribution in [0.4, 0.5) is 0 Å². The van der Waals surface area contributed by atoms with Crippen molar-refractivity contribution in [3.05, 3.63) is 29.7 Å². The first-order valence-electron chi connectivity index (χ1n) is 4.88. The number of fused-ring (bicyclic) bond motifs is 1. The molecule has 1 aromatic heterocycles. The number of hydrogen-bond acceptors (Lipinski definition) is 3. The average Bonchev–Trinajstić information content (AvgIpc) is 2.57. The van der Waals surface area contributed by atoms with Gasteiger partial charge in [-0.05, 0) is 25.1 Å². The van der Waals surface area contributed by atoms with Gasteiger partial charge in [-0.3, -0.25) is 4.99 Å². The fourth-order valence-corrected chi connectivity index (χ4v) is 1.46. The highest BCUT2D eigenvalue weighted by atomic mass is 16.3. The number of nitrogens with zero attached hydrogens (tertiary/aromatic N) is 2. The summed E-state index contributed by atoms with van der Waals surface area (Å²) < 4.78 is 5.37. The maximum Gasteiger partial charge on any atom is 0.192 e. The molecule has 1 aromatic carbocycles. The van der Waals surface area contributed by atoms with Gasteiger partial charge in [0.1, 0.15) is 11.4 Å². The molecule has 4 heteroatoms. The van der Waals surface area contributed by atoms with E-state index in [1.54, 1.807) is 0 Å². The van der Waals surface area contributed by atoms with Crippen molar-refractivity contribution in [2.24, 2.45) is 10.7 Å². The van der Waals surface area contributed by atoms with Crippen LogP contribution in [0.1, 0.15) is 18.4 Å². The molecule has 0 aliphatic heterocycles. The highest BCUT2D eigenvalue weighted by molar-refractivity contribution is 5.99. The monoisotopic (exact) mass is 203 g/mol. The normalized spacial score (nSPS) is 12.3. The van der Waals surface area contributed by atoms with Gasteiger partial charge in [0.2, 0.25) is 0 Å². The zero-order valence-corrected chi connectivity index (χ0v) is 8.82. The number of benzene rings is 1. The maximum atomic E-state index is 5.79. The van der Waals surface area contributed by atoms with Crippen LogP contribution in [0.25, 0.3) is 11.1 Å². The lowest BCUT2D eigenvalue weighted by molar-refractivity contribution is 0.561. The lowest BCUT2D eigenvalue weighted by Crippen LogP contribution is -2.13. The number of hydrogen-bond donors (Lipinski definition) is 1. The molecule has 0 atom stereocenters. The Labute approximate surface area is 87.8 Å². The summed E-state index contributed by atoms with van der Waals surface area (Å²) in [5, 5.41) is 0. The van der Waals surface area contributed by atoms with E-state index >= 15 is 0 Å². The number of nitrogens with two attached hydrogens (primary N) is 1. The van der Waals surface area contributed by atoms with Gasteiger partial charge in [0.25, 0.3) is 0 Å². The number of oxazole rings is 1. The maximum absolute atomic E-state index is 5.79. The predicted molar refractivity (Wildman–Crippen MR) is 60.0 cm³/mol. The molecule has 0 fully saturated rings. The number of aromatic nitrogens is 1. The largest absolute Gasteiger partial charge is 0.441 e. The second-order valence-electron chi connectivity index (χ2n) is 3.27. The van der Waals surface area contributed by atoms with Crippen LogP contribution in [-0.2, 0) is 0 Å². The minimum Gasteiger partial charge on any atom is -0.441 e. The summed E-state index contributed by atoms with van der Waals surface area (Å²) in [7, 11) is 0. The molecule has 2 N–H and O–H groups in total. The summed E-state index contributed by atoms with van der Waals surface area (Å²) in [6.07, 6.45) is 0. The fourth-order valence-electron chi connectivity index (χ4n) is 1.46. The molecule has 0 aliphatic carbocycles. The predicted octanol–water partition coefficient (Wildman–Crippen LogP) is 1.86. The van der Waals surface area contributed by atoms with Crippen molar-refractivity contribution in [3.63, 3.8) is 0 Å². The quantitative estimate of drug-likeness (QED) is 0.598. The van der Waals surface area contributed by atoms with Gasteiger partial charge in [-0.15, -0.1) is 0 Å². The SMILES string of the molecule is CCN=C(N)c1ccc2oc(C)nc2c1. The fraction of sp³-hybridized carbons (Fsp3) is 0.273. The van der Waals surface area contributed by atoms with Crippen LogP contribution in [0.3, 0.4) is 0 Å². The third-order valence-electron chi connectivity index (χ3n) is 2.12. The van der Waals surface area contributed by atoms with E-state index in [0.29, 0.717) is 18.3 Å². The smallest absolute Gasteiger partial charge is 0.192 e. The van der Waals surface area contributed by atoms with Gasteiger partial charge in [0.15, 0.2) is 11.5 Å². The second kappa shape index (κ2) is 3.73. The summed E-state index contributed by atoms with van der Waals surface area (Å²) >= 11 is 0. The summed E-state index contributed by atoms with van der Waals surface area (Å²) in [6.45, 7) is 4.45. The van der Waals surface area contributed by atoms with E-state index in [-0.39, 0.29) is 0 Å². The number of aryl methyl sites for hydroxylation is 1. The Morgan fingerprint density at radius 3 is 3.07 bits per heavy atom. The third-order valence-corrected chi connectivity index (χ3v) is 2.12. The van der Waals surface area contributed by atoms with E-state index < -0.39 is 0 Å². The standard InChI is InChI=1S/C11H13N3O/c1-3-13-11(12)8-4-5-10-9(6-8)14-7(2)15-10/h4-6H,3H2,1-2H3,(H2,12,13). The van der Waals surface area contributed by atoms with E-state index in [1.165, 1.54) is 0 Å². The minimum atomic E-state index is 0.542. The zero-order chi connectivity index (χ0) is 10.8. The van der Waals surface area contributed by atoms with Crippen molar-refractivity contribution in [2.45, 2.75) is 13.8 Å². The molecule has 78 valence electrons. The molecular formula is C11H13N3O. The molecule has 0 amide bonds. The van der Waals surface area contributed by atoms with Crippen LogP contribution in [-0.4, -0.2) is 17.4 Å². The van der Waals surface area contributed by atoms with Crippen LogP contribution in [0.2, 0.25) is 0 Å². The lowest BCUT2D eigenvalue weighted by atomic mass is 10.2. The van der Waals surface area contributed by atoms with Crippen molar-refractivity contribution in [2.75, 3.05) is 6.54 Å². The highest BCUT2D eigenvalue weighted by Crippen LogP contribution is 2.16. The number of amidine groups is 1. The molecule has 4 nitrogen and oxygen atoms in total. The average molecular weight is 203 g/mol. The lowest BCUT2D eigenvalue weighted by Gasteiger charge is -1.98. The van der Waals surface area contributed by atoms with Gasteiger partial charge >= 0.3 is 0 Å². The van der Waals surface area contributed by atoms with Crippen LogP contribution in [0.15, 0.2) is 27.6 Å². The Bertz CT molecular complexity index is 514. The molecule has 0 saturated carbocycles. The van der Waals surface area contributed by atoms with Crippen molar-refractivity contribution in [3.8, 4) is 0 Å². The van der Waals surface area contributed by atoms with Gasteiger partial charge in [-0.25, -0.2) is 4.98 Å². The van der Waals surface area contributed by atoms with Crippen LogP contribution >= 0.6 is 0 Å². The first-order chi connectivity index (χ1) is 7.20. The molecule has 2 aromatic rings. The second-order valence-corrected chi connectivity index (χ2v) is 3.27. The van der Waals surface area contributed by atoms with Gasteiger partial charge in [0, 0.05) is 19.0 Å². The molecule has 0 bridgehead atoms. The van der Waals surface area contributed by atoms with Gasteiger partial charge in [-0.2, -0.15) is 0 Å². The van der Waals surface area contributed by atoms with Crippen LogP contribution in [0, 0.1) is 6.92 Å². The van der Waals surface area contributed by atoms with Gasteiger partial charge in [0.05, 0.1) is 0 Å². The summed E-state index contributed by atoms with van der Waals surface area (Å²) in [4.78, 5) is 8.38. The molecule has 1 heterocycles. The van der Waals surface area contributed by atoms with E-state index in [0.717, 1.165) is 16.7 Å². The van der Waals surface area contributed by atoms with Crippen molar-refractivity contribution < 1.29 is 4.42 Å². The minimum absolute atomic E-state index is 0.542. The summed E-state index contributed by atoms with van der Waals surface area (Å²) in [5.41, 5.74) is 8.28. The van der Waals surface area contributed by atoms with Gasteiger partial charge < -0.3 is 10.2 Å². The van der Waals surface area contributed by atoms with Crippen molar-refractivity contribution in [1.82, 2.24) is 4.98 Å². The summed E-state index contributed by atoms with van der Waals surface area (Å²) in [6, 6.07) is 5.64. The van der Waals surface area contributed by atoms with Crippen LogP contribution < -0.4 is 5.73 Å². The van der Waals surface area contributed by atoms with Crippen LogP contribution in [0.5, 0.6) is 0 Å². The van der Waals surface area contributed by atoms with Crippen molar-refractivity contribution >= 4 is 16.9 Å². The van der Waals surface area contributed by atoms with Gasteiger partial charge in [-0.1, -0.05) is 0 Å². The molecule has 0 saturated heterocycles. The van der Waals surface area contributed by atoms with Crippen molar-refractivity contribution in [1.29, 1.82) is 0 Å². The molecule has 15 heavy (non-hydrogen) atoms. The summed E-state index contributed by atoms with van der Waals surface area (Å²) in [5.74, 6) is 1.20. The molecule has 0 unspecified atom stereocenters. The molecule has 0 spiro atoms. The molecule has 0 aliphatic rings. The number of aliphatic imine (C=N–C) groups is 1. The Morgan fingerprint density at radius 1 is 1.53 bits per heavy atom. The molecule has 2 rings (SSSR count). The topological polar surface area (TPSA) is 64.4 Å². The van der Waals surface area contributed by atoms with E-state index in [2.05, 4.69) is 9.98 Å². The first-order valence-corrected chi connectivity index (χ1v) is 4.88. The Balaban J connectivity index is 2.50. The Morgan fingerprint density at radius 2 is 2.33 bits per heavy atom. The molecular weight excluding hydrogens is 190 g/mol. The highest BCUT2D eigenvalue weighted by Gasteiger charge is 2.04. The Hall–Kier alpha value is -1.84. The van der Waals surface area contributed by atoms with E-state index in [4.69, 9.17) is 10.2 Å². The van der Waals surface area contributed by atoms with E-state index in [1.807, 2.05) is 32.0 Å². The number of rotatable bonds is 2. The third kappa shape index (κ3) is 1.83. The Kier molecular flexibility index (Phi) is 2.41. The first kappa shape index (κ1) is 9.71. The van der Waals surface area contributed by atoms with E-state index in [9.17, 15) is 0 Å².